The number of H-pyrrole nitrogens is 1. The molecule has 0 saturated carbocycles. The third-order valence-corrected chi connectivity index (χ3v) is 6.99. The molecule has 8 heteroatoms. The van der Waals surface area contributed by atoms with E-state index in [1.54, 1.807) is 24.3 Å². The minimum atomic E-state index is -0.195. The second-order valence-corrected chi connectivity index (χ2v) is 10.8. The van der Waals surface area contributed by atoms with Gasteiger partial charge in [-0.1, -0.05) is 44.2 Å². The van der Waals surface area contributed by atoms with Crippen LogP contribution in [0.5, 0.6) is 11.5 Å². The average molecular weight is 608 g/mol. The minimum absolute atomic E-state index is 0.195. The van der Waals surface area contributed by atoms with Gasteiger partial charge in [0.1, 0.15) is 11.5 Å². The van der Waals surface area contributed by atoms with Gasteiger partial charge in [-0.3, -0.25) is 9.59 Å². The molecular weight excluding hydrogens is 562 g/mol. The number of aromatic amines is 1. The number of carbonyl (C=O) groups is 2. The van der Waals surface area contributed by atoms with Gasteiger partial charge in [-0.15, -0.1) is 0 Å². The van der Waals surface area contributed by atoms with Gasteiger partial charge in [0.15, 0.2) is 0 Å². The number of nitrogens with one attached hydrogen (secondary N) is 3. The molecule has 0 bridgehead atoms. The quantitative estimate of drug-likeness (QED) is 0.134. The first kappa shape index (κ1) is 34.4. The average Bonchev–Trinajstić information content (AvgIpc) is 3.49. The van der Waals surface area contributed by atoms with Crippen LogP contribution in [0.2, 0.25) is 0 Å². The fraction of sp³-hybridized carbons (Fsp3) is 0.243. The van der Waals surface area contributed by atoms with Crippen LogP contribution >= 0.6 is 0 Å². The van der Waals surface area contributed by atoms with Crippen molar-refractivity contribution >= 4 is 41.0 Å². The Balaban J connectivity index is 0.00000271. The summed E-state index contributed by atoms with van der Waals surface area (Å²) >= 11 is 0. The molecule has 2 amide bonds. The number of likely N-dealkylation sites (N-methyl/N-ethyl adjacent to an activating group) is 2. The summed E-state index contributed by atoms with van der Waals surface area (Å²) in [5.74, 6) is 0.899. The Labute approximate surface area is 267 Å². The van der Waals surface area contributed by atoms with Gasteiger partial charge in [-0.2, -0.15) is 0 Å². The highest BCUT2D eigenvalue weighted by Gasteiger charge is 2.11. The van der Waals surface area contributed by atoms with Gasteiger partial charge in [0.05, 0.1) is 5.69 Å². The summed E-state index contributed by atoms with van der Waals surface area (Å²) in [6.45, 7) is 14.0. The zero-order chi connectivity index (χ0) is 32.9. The summed E-state index contributed by atoms with van der Waals surface area (Å²) < 4.78 is 6.10. The van der Waals surface area contributed by atoms with Crippen molar-refractivity contribution in [2.75, 3.05) is 44.9 Å². The molecule has 0 aliphatic heterocycles. The predicted molar refractivity (Wildman–Crippen MR) is 188 cm³/mol. The van der Waals surface area contributed by atoms with E-state index in [0.717, 1.165) is 46.7 Å². The fourth-order valence-electron chi connectivity index (χ4n) is 4.55. The molecule has 45 heavy (non-hydrogen) atoms. The molecule has 0 saturated heterocycles. The lowest BCUT2D eigenvalue weighted by molar-refractivity contribution is -0.105. The number of nitrogens with zero attached hydrogens (tertiary/aromatic N) is 2. The molecule has 0 spiro atoms. The predicted octanol–water partition coefficient (Wildman–Crippen LogP) is 7.99. The van der Waals surface area contributed by atoms with E-state index in [1.807, 2.05) is 89.5 Å². The Morgan fingerprint density at radius 1 is 0.933 bits per heavy atom. The normalized spacial score (nSPS) is 10.9. The van der Waals surface area contributed by atoms with Gasteiger partial charge in [-0.25, -0.2) is 0 Å². The van der Waals surface area contributed by atoms with Crippen molar-refractivity contribution in [2.45, 2.75) is 27.7 Å². The molecule has 0 fully saturated rings. The third-order valence-electron chi connectivity index (χ3n) is 6.99. The molecule has 0 aliphatic carbocycles. The van der Waals surface area contributed by atoms with Crippen molar-refractivity contribution in [2.24, 2.45) is 0 Å². The number of benzene rings is 3. The minimum Gasteiger partial charge on any atom is -0.457 e. The van der Waals surface area contributed by atoms with Gasteiger partial charge < -0.3 is 30.2 Å². The lowest BCUT2D eigenvalue weighted by Gasteiger charge is -2.22. The van der Waals surface area contributed by atoms with E-state index in [9.17, 15) is 9.59 Å². The summed E-state index contributed by atoms with van der Waals surface area (Å²) in [6.07, 6.45) is 4.63. The standard InChI is InChI=1S/C35H39N5O3.C2H6/c1-24-9-7-10-27(17-24)35(42)38-29-11-8-12-31(20-29)43-32-13-14-33(34(21-32)37-23-41)25(2)18-30-19-28(22-36-30)26(3)40(6)16-15-39(4)5;1-2/h7-14,17-23,36H,3,15-16H2,1-2,4-6H3,(H,37,41)(H,38,42);1-2H3/b25-18+;. The van der Waals surface area contributed by atoms with E-state index >= 15 is 0 Å². The second kappa shape index (κ2) is 16.7. The summed E-state index contributed by atoms with van der Waals surface area (Å²) in [6, 6.07) is 22.2. The lowest BCUT2D eigenvalue weighted by atomic mass is 10.0. The number of aromatic nitrogens is 1. The molecule has 4 rings (SSSR count). The van der Waals surface area contributed by atoms with E-state index in [2.05, 4.69) is 52.2 Å². The Bertz CT molecular complexity index is 1640. The molecule has 1 aromatic heterocycles. The Kier molecular flexibility index (Phi) is 12.8. The third kappa shape index (κ3) is 9.98. The number of amides is 2. The molecule has 0 radical (unpaired) electrons. The van der Waals surface area contributed by atoms with Crippen molar-refractivity contribution in [3.8, 4) is 11.5 Å². The smallest absolute Gasteiger partial charge is 0.255 e. The van der Waals surface area contributed by atoms with E-state index < -0.39 is 0 Å². The summed E-state index contributed by atoms with van der Waals surface area (Å²) in [5, 5.41) is 5.72. The van der Waals surface area contributed by atoms with Crippen molar-refractivity contribution in [1.29, 1.82) is 0 Å². The van der Waals surface area contributed by atoms with Gasteiger partial charge in [-0.05, 0) is 82.1 Å². The first-order valence-electron chi connectivity index (χ1n) is 15.1. The molecule has 0 atom stereocenters. The van der Waals surface area contributed by atoms with Crippen LogP contribution in [0.4, 0.5) is 11.4 Å². The molecule has 3 aromatic carbocycles. The number of carbonyl (C=O) groups excluding carboxylic acids is 2. The van der Waals surface area contributed by atoms with Crippen LogP contribution in [0, 0.1) is 6.92 Å². The van der Waals surface area contributed by atoms with E-state index in [0.29, 0.717) is 34.8 Å². The van der Waals surface area contributed by atoms with Crippen molar-refractivity contribution < 1.29 is 14.3 Å². The van der Waals surface area contributed by atoms with Gasteiger partial charge in [0.25, 0.3) is 5.91 Å². The SMILES string of the molecule is C=C(c1c[nH]c(/C=C(\C)c2ccc(Oc3cccc(NC(=O)c4cccc(C)c4)c3)cc2NC=O)c1)N(C)CCN(C)C.CC. The first-order valence-corrected chi connectivity index (χ1v) is 15.1. The number of ether oxygens (including phenoxy) is 1. The van der Waals surface area contributed by atoms with Crippen LogP contribution in [0.15, 0.2) is 85.6 Å². The topological polar surface area (TPSA) is 89.7 Å². The highest BCUT2D eigenvalue weighted by atomic mass is 16.5. The monoisotopic (exact) mass is 607 g/mol. The largest absolute Gasteiger partial charge is 0.457 e. The van der Waals surface area contributed by atoms with Gasteiger partial charge in [0, 0.05) is 72.2 Å². The molecule has 0 aliphatic rings. The van der Waals surface area contributed by atoms with Crippen LogP contribution in [-0.2, 0) is 4.79 Å². The molecule has 1 heterocycles. The van der Waals surface area contributed by atoms with Crippen molar-refractivity contribution in [3.63, 3.8) is 0 Å². The first-order chi connectivity index (χ1) is 21.6. The Morgan fingerprint density at radius 2 is 1.67 bits per heavy atom. The summed E-state index contributed by atoms with van der Waals surface area (Å²) in [4.78, 5) is 31.8. The molecule has 3 N–H and O–H groups in total. The zero-order valence-electron chi connectivity index (χ0n) is 27.4. The number of aryl methyl sites for hydroxylation is 1. The van der Waals surface area contributed by atoms with E-state index in [4.69, 9.17) is 4.74 Å². The molecule has 0 unspecified atom stereocenters. The lowest BCUT2D eigenvalue weighted by Crippen LogP contribution is -2.27. The maximum Gasteiger partial charge on any atom is 0.255 e. The molecule has 236 valence electrons. The maximum absolute atomic E-state index is 12.7. The second-order valence-electron chi connectivity index (χ2n) is 10.8. The van der Waals surface area contributed by atoms with Gasteiger partial charge >= 0.3 is 0 Å². The molecular formula is C37H45N5O3. The van der Waals surface area contributed by atoms with E-state index in [1.165, 1.54) is 0 Å². The number of hydrogen-bond acceptors (Lipinski definition) is 5. The summed E-state index contributed by atoms with van der Waals surface area (Å²) in [5.41, 5.74) is 7.53. The number of hydrogen-bond donors (Lipinski definition) is 3. The van der Waals surface area contributed by atoms with Crippen LogP contribution in [0.3, 0.4) is 0 Å². The highest BCUT2D eigenvalue weighted by molar-refractivity contribution is 6.04. The molecule has 8 nitrogen and oxygen atoms in total. The van der Waals surface area contributed by atoms with Crippen LogP contribution in [-0.4, -0.2) is 61.3 Å². The van der Waals surface area contributed by atoms with Gasteiger partial charge in [0.2, 0.25) is 6.41 Å². The fourth-order valence-corrected chi connectivity index (χ4v) is 4.55. The van der Waals surface area contributed by atoms with E-state index in [-0.39, 0.29) is 5.91 Å². The Morgan fingerprint density at radius 3 is 2.38 bits per heavy atom. The number of rotatable bonds is 13. The number of anilines is 2. The number of allylic oxidation sites excluding steroid dienone is 1. The zero-order valence-corrected chi connectivity index (χ0v) is 27.4. The summed E-state index contributed by atoms with van der Waals surface area (Å²) in [7, 11) is 6.15. The maximum atomic E-state index is 12.7. The highest BCUT2D eigenvalue weighted by Crippen LogP contribution is 2.32. The Hall–Kier alpha value is -5.08. The van der Waals surface area contributed by atoms with Crippen molar-refractivity contribution in [3.05, 3.63) is 114 Å². The van der Waals surface area contributed by atoms with Crippen LogP contribution in [0.25, 0.3) is 17.3 Å². The van der Waals surface area contributed by atoms with Crippen LogP contribution in [0.1, 0.15) is 53.5 Å². The van der Waals surface area contributed by atoms with Crippen LogP contribution < -0.4 is 15.4 Å². The molecule has 4 aromatic rings. The van der Waals surface area contributed by atoms with Crippen molar-refractivity contribution in [1.82, 2.24) is 14.8 Å².